The second-order valence-electron chi connectivity index (χ2n) is 7.67. The third-order valence-electron chi connectivity index (χ3n) is 5.98. The first-order valence-corrected chi connectivity index (χ1v) is 9.56. The van der Waals surface area contributed by atoms with E-state index in [-0.39, 0.29) is 41.7 Å². The fraction of sp³-hybridized carbons (Fsp3) is 0.579. The summed E-state index contributed by atoms with van der Waals surface area (Å²) in [4.78, 5) is 27.2. The Morgan fingerprint density at radius 2 is 2.29 bits per heavy atom. The van der Waals surface area contributed by atoms with Crippen molar-refractivity contribution in [2.75, 3.05) is 13.7 Å². The maximum atomic E-state index is 13.0. The highest BCUT2D eigenvalue weighted by Crippen LogP contribution is 2.42. The van der Waals surface area contributed by atoms with E-state index in [0.29, 0.717) is 13.0 Å². The van der Waals surface area contributed by atoms with Crippen LogP contribution in [0.5, 0.6) is 0 Å². The average molecular weight is 387 g/mol. The molecule has 0 unspecified atom stereocenters. The monoisotopic (exact) mass is 387 g/mol. The van der Waals surface area contributed by atoms with Crippen molar-refractivity contribution in [2.45, 2.75) is 56.8 Å². The summed E-state index contributed by atoms with van der Waals surface area (Å²) in [5.41, 5.74) is 0.941. The number of rotatable bonds is 5. The Hall–Kier alpha value is -2.68. The molecule has 1 aliphatic heterocycles. The molecule has 2 fully saturated rings. The Balaban J connectivity index is 1.46. The number of nitrogens with zero attached hydrogens (tertiary/aromatic N) is 4. The molecule has 1 saturated heterocycles. The Kier molecular flexibility index (Phi) is 4.92. The molecule has 1 aliphatic carbocycles. The van der Waals surface area contributed by atoms with Crippen LogP contribution in [0.25, 0.3) is 0 Å². The van der Waals surface area contributed by atoms with Crippen LogP contribution in [0.15, 0.2) is 29.2 Å². The van der Waals surface area contributed by atoms with Gasteiger partial charge < -0.3 is 19.5 Å². The maximum absolute atomic E-state index is 13.0. The van der Waals surface area contributed by atoms with Gasteiger partial charge in [-0.2, -0.15) is 5.10 Å². The molecule has 0 spiro atoms. The van der Waals surface area contributed by atoms with Crippen LogP contribution >= 0.6 is 0 Å². The zero-order valence-electron chi connectivity index (χ0n) is 16.1. The molecule has 3 heterocycles. The highest BCUT2D eigenvalue weighted by atomic mass is 16.5. The average Bonchev–Trinajstić information content (AvgIpc) is 3.41. The lowest BCUT2D eigenvalue weighted by Gasteiger charge is -2.43. The van der Waals surface area contributed by atoms with Crippen LogP contribution in [0.2, 0.25) is 0 Å². The zero-order chi connectivity index (χ0) is 19.7. The van der Waals surface area contributed by atoms with Crippen molar-refractivity contribution in [3.05, 3.63) is 36.0 Å². The van der Waals surface area contributed by atoms with Gasteiger partial charge in [-0.25, -0.2) is 0 Å². The van der Waals surface area contributed by atoms with Crippen molar-refractivity contribution < 1.29 is 18.8 Å². The molecule has 1 N–H and O–H groups in total. The number of methoxy groups -OCH3 is 1. The first kappa shape index (κ1) is 18.7. The fourth-order valence-electron chi connectivity index (χ4n) is 4.50. The standard InChI is InChI=1S/C19H25N5O4/c1-13-10-20-23(11-13)12-17(25)24-7-6-19(27-2)5-3-14(9-16(19)24)21-18(26)15-4-8-28-22-15/h4,8,10-11,14,16H,3,5-7,9,12H2,1-2H3,(H,21,26)/t14-,16+,19-/m1/s1. The van der Waals surface area contributed by atoms with Crippen LogP contribution in [-0.2, 0) is 16.1 Å². The summed E-state index contributed by atoms with van der Waals surface area (Å²) in [6.07, 6.45) is 8.03. The molecule has 0 radical (unpaired) electrons. The number of aryl methyl sites for hydroxylation is 1. The van der Waals surface area contributed by atoms with Crippen molar-refractivity contribution in [3.8, 4) is 0 Å². The molecule has 2 amide bonds. The molecule has 4 rings (SSSR count). The van der Waals surface area contributed by atoms with Crippen LogP contribution in [0.4, 0.5) is 0 Å². The minimum atomic E-state index is -0.342. The Morgan fingerprint density at radius 1 is 1.43 bits per heavy atom. The zero-order valence-corrected chi connectivity index (χ0v) is 16.1. The number of likely N-dealkylation sites (tertiary alicyclic amines) is 1. The number of amides is 2. The van der Waals surface area contributed by atoms with Crippen molar-refractivity contribution in [1.29, 1.82) is 0 Å². The van der Waals surface area contributed by atoms with Gasteiger partial charge in [-0.1, -0.05) is 5.16 Å². The van der Waals surface area contributed by atoms with Crippen LogP contribution in [-0.4, -0.2) is 63.0 Å². The molecule has 150 valence electrons. The Morgan fingerprint density at radius 3 is 2.96 bits per heavy atom. The smallest absolute Gasteiger partial charge is 0.273 e. The summed E-state index contributed by atoms with van der Waals surface area (Å²) in [5.74, 6) is -0.234. The first-order valence-electron chi connectivity index (χ1n) is 9.56. The van der Waals surface area contributed by atoms with Gasteiger partial charge in [0.15, 0.2) is 5.69 Å². The van der Waals surface area contributed by atoms with E-state index in [9.17, 15) is 9.59 Å². The molecule has 28 heavy (non-hydrogen) atoms. The van der Waals surface area contributed by atoms with Gasteiger partial charge in [-0.3, -0.25) is 14.3 Å². The van der Waals surface area contributed by atoms with Gasteiger partial charge in [0.2, 0.25) is 5.91 Å². The van der Waals surface area contributed by atoms with Crippen molar-refractivity contribution in [1.82, 2.24) is 25.2 Å². The van der Waals surface area contributed by atoms with Gasteiger partial charge in [0, 0.05) is 32.0 Å². The van der Waals surface area contributed by atoms with E-state index in [1.807, 2.05) is 18.0 Å². The van der Waals surface area contributed by atoms with Gasteiger partial charge in [0.05, 0.1) is 17.8 Å². The lowest BCUT2D eigenvalue weighted by Crippen LogP contribution is -2.56. The van der Waals surface area contributed by atoms with E-state index in [4.69, 9.17) is 9.26 Å². The molecule has 2 aromatic rings. The molecule has 0 bridgehead atoms. The third kappa shape index (κ3) is 3.42. The number of carbonyl (C=O) groups excluding carboxylic acids is 2. The number of nitrogens with one attached hydrogen (secondary N) is 1. The highest BCUT2D eigenvalue weighted by molar-refractivity contribution is 5.92. The molecule has 9 nitrogen and oxygen atoms in total. The second-order valence-corrected chi connectivity index (χ2v) is 7.67. The topological polar surface area (TPSA) is 102 Å². The second kappa shape index (κ2) is 7.38. The molecule has 2 aromatic heterocycles. The maximum Gasteiger partial charge on any atom is 0.273 e. The molecule has 3 atom stereocenters. The summed E-state index contributed by atoms with van der Waals surface area (Å²) >= 11 is 0. The van der Waals surface area contributed by atoms with Crippen molar-refractivity contribution in [2.24, 2.45) is 0 Å². The predicted molar refractivity (Wildman–Crippen MR) is 98.4 cm³/mol. The molecule has 1 saturated carbocycles. The van der Waals surface area contributed by atoms with Gasteiger partial charge in [0.25, 0.3) is 5.91 Å². The van der Waals surface area contributed by atoms with E-state index >= 15 is 0 Å². The number of fused-ring (bicyclic) bond motifs is 1. The Labute approximate surface area is 163 Å². The summed E-state index contributed by atoms with van der Waals surface area (Å²) < 4.78 is 12.3. The van der Waals surface area contributed by atoms with E-state index < -0.39 is 0 Å². The van der Waals surface area contributed by atoms with Crippen molar-refractivity contribution in [3.63, 3.8) is 0 Å². The first-order chi connectivity index (χ1) is 13.5. The Bertz CT molecular complexity index is 848. The number of hydrogen-bond acceptors (Lipinski definition) is 6. The van der Waals surface area contributed by atoms with Crippen LogP contribution < -0.4 is 5.32 Å². The molecular formula is C19H25N5O4. The minimum Gasteiger partial charge on any atom is -0.376 e. The largest absolute Gasteiger partial charge is 0.376 e. The quantitative estimate of drug-likeness (QED) is 0.826. The summed E-state index contributed by atoms with van der Waals surface area (Å²) in [6.45, 7) is 2.81. The van der Waals surface area contributed by atoms with Gasteiger partial charge in [-0.05, 0) is 38.2 Å². The summed E-state index contributed by atoms with van der Waals surface area (Å²) in [5, 5.41) is 10.9. The van der Waals surface area contributed by atoms with Gasteiger partial charge >= 0.3 is 0 Å². The summed E-state index contributed by atoms with van der Waals surface area (Å²) in [7, 11) is 1.71. The normalized spacial score (nSPS) is 26.9. The lowest BCUT2D eigenvalue weighted by molar-refractivity contribution is -0.138. The van der Waals surface area contributed by atoms with Crippen LogP contribution in [0.1, 0.15) is 41.7 Å². The van der Waals surface area contributed by atoms with E-state index in [1.165, 1.54) is 12.3 Å². The summed E-state index contributed by atoms with van der Waals surface area (Å²) in [6, 6.07) is 1.42. The molecule has 9 heteroatoms. The predicted octanol–water partition coefficient (Wildman–Crippen LogP) is 1.15. The van der Waals surface area contributed by atoms with Crippen molar-refractivity contribution >= 4 is 11.8 Å². The highest BCUT2D eigenvalue weighted by Gasteiger charge is 2.52. The lowest BCUT2D eigenvalue weighted by atomic mass is 9.78. The van der Waals surface area contributed by atoms with Gasteiger partial charge in [-0.15, -0.1) is 0 Å². The minimum absolute atomic E-state index is 0.0236. The number of hydrogen-bond donors (Lipinski definition) is 1. The fourth-order valence-corrected chi connectivity index (χ4v) is 4.50. The number of ether oxygens (including phenoxy) is 1. The van der Waals surface area contributed by atoms with E-state index in [0.717, 1.165) is 24.8 Å². The van der Waals surface area contributed by atoms with E-state index in [2.05, 4.69) is 15.6 Å². The van der Waals surface area contributed by atoms with E-state index in [1.54, 1.807) is 18.0 Å². The third-order valence-corrected chi connectivity index (χ3v) is 5.98. The van der Waals surface area contributed by atoms with Crippen LogP contribution in [0.3, 0.4) is 0 Å². The number of aromatic nitrogens is 3. The number of carbonyl (C=O) groups is 2. The molecule has 2 aliphatic rings. The molecule has 0 aromatic carbocycles. The van der Waals surface area contributed by atoms with Crippen LogP contribution in [0, 0.1) is 6.92 Å². The SMILES string of the molecule is CO[C@@]12CC[C@@H](NC(=O)c3ccon3)C[C@@H]1N(C(=O)Cn1cc(C)cn1)CC2. The molecular weight excluding hydrogens is 362 g/mol. The van der Waals surface area contributed by atoms with Gasteiger partial charge in [0.1, 0.15) is 12.8 Å².